The van der Waals surface area contributed by atoms with Crippen molar-refractivity contribution in [1.29, 1.82) is 0 Å². The van der Waals surface area contributed by atoms with E-state index in [9.17, 15) is 9.59 Å². The zero-order chi connectivity index (χ0) is 30.4. The fraction of sp³-hybridized carbons (Fsp3) is 0.188. The number of thiazole rings is 2. The monoisotopic (exact) mass is 629 g/mol. The fourth-order valence-corrected chi connectivity index (χ4v) is 5.31. The molecular weight excluding hydrogens is 599 g/mol. The van der Waals surface area contributed by atoms with Gasteiger partial charge in [-0.2, -0.15) is 0 Å². The maximum Gasteiger partial charge on any atom is 0.422 e. The maximum atomic E-state index is 12.9. The molecule has 2 N–H and O–H groups in total. The van der Waals surface area contributed by atoms with E-state index in [1.54, 1.807) is 28.4 Å². The zero-order valence-electron chi connectivity index (χ0n) is 23.7. The highest BCUT2D eigenvalue weighted by Gasteiger charge is 2.21. The first-order valence-electron chi connectivity index (χ1n) is 13.8. The van der Waals surface area contributed by atoms with Crippen molar-refractivity contribution in [1.82, 2.24) is 25.7 Å². The molecule has 12 heteroatoms. The summed E-state index contributed by atoms with van der Waals surface area (Å²) in [5.74, 6) is 1.38. The summed E-state index contributed by atoms with van der Waals surface area (Å²) in [5, 5.41) is 4.69. The van der Waals surface area contributed by atoms with E-state index < -0.39 is 18.2 Å². The summed E-state index contributed by atoms with van der Waals surface area (Å²) < 4.78 is 16.9. The molecular formula is C32H31N5O5S2. The molecule has 5 rings (SSSR count). The molecule has 10 nitrogen and oxygen atoms in total. The summed E-state index contributed by atoms with van der Waals surface area (Å²) in [5.41, 5.74) is 8.13. The first-order chi connectivity index (χ1) is 21.6. The summed E-state index contributed by atoms with van der Waals surface area (Å²) in [7, 11) is 0. The Balaban J connectivity index is 1.31. The molecule has 0 bridgehead atoms. The van der Waals surface area contributed by atoms with Gasteiger partial charge in [-0.1, -0.05) is 60.7 Å². The van der Waals surface area contributed by atoms with Gasteiger partial charge >= 0.3 is 12.2 Å². The minimum Gasteiger partial charge on any atom is -0.457 e. The van der Waals surface area contributed by atoms with Gasteiger partial charge in [0.1, 0.15) is 24.7 Å². The number of carbonyl (C=O) groups excluding carboxylic acids is 2. The number of alkyl carbamates (subject to hydrolysis) is 1. The molecule has 2 heterocycles. The number of hydrogen-bond donors (Lipinski definition) is 2. The summed E-state index contributed by atoms with van der Waals surface area (Å²) >= 11 is 2.81. The van der Waals surface area contributed by atoms with Gasteiger partial charge in [-0.05, 0) is 41.8 Å². The van der Waals surface area contributed by atoms with Crippen molar-refractivity contribution in [2.24, 2.45) is 0 Å². The number of benzene rings is 3. The molecule has 0 spiro atoms. The van der Waals surface area contributed by atoms with Crippen LogP contribution in [0.15, 0.2) is 108 Å². The van der Waals surface area contributed by atoms with Gasteiger partial charge in [-0.3, -0.25) is 15.4 Å². The molecule has 0 aliphatic carbocycles. The Labute approximate surface area is 263 Å². The van der Waals surface area contributed by atoms with Crippen LogP contribution in [0.1, 0.15) is 20.9 Å². The lowest BCUT2D eigenvalue weighted by Gasteiger charge is -2.28. The lowest BCUT2D eigenvalue weighted by molar-refractivity contribution is 0.0898. The minimum atomic E-state index is -0.624. The predicted octanol–water partition coefficient (Wildman–Crippen LogP) is 6.57. The van der Waals surface area contributed by atoms with Crippen LogP contribution in [-0.2, 0) is 35.7 Å². The molecule has 0 unspecified atom stereocenters. The van der Waals surface area contributed by atoms with Gasteiger partial charge in [0, 0.05) is 25.5 Å². The summed E-state index contributed by atoms with van der Waals surface area (Å²) in [6, 6.07) is 26.5. The molecule has 0 saturated carbocycles. The van der Waals surface area contributed by atoms with Crippen molar-refractivity contribution >= 4 is 34.9 Å². The molecule has 5 aromatic rings. The molecule has 226 valence electrons. The number of amides is 2. The van der Waals surface area contributed by atoms with Crippen LogP contribution in [0.4, 0.5) is 9.59 Å². The van der Waals surface area contributed by atoms with Crippen molar-refractivity contribution < 1.29 is 23.8 Å². The van der Waals surface area contributed by atoms with Gasteiger partial charge in [0.05, 0.1) is 26.8 Å². The van der Waals surface area contributed by atoms with E-state index in [1.807, 2.05) is 84.9 Å². The lowest BCUT2D eigenvalue weighted by Crippen LogP contribution is -2.51. The van der Waals surface area contributed by atoms with Crippen molar-refractivity contribution in [2.75, 3.05) is 6.54 Å². The molecule has 44 heavy (non-hydrogen) atoms. The number of aromatic nitrogens is 2. The Morgan fingerprint density at radius 3 is 2.02 bits per heavy atom. The Bertz CT molecular complexity index is 1570. The second-order valence-electron chi connectivity index (χ2n) is 9.67. The molecule has 3 aromatic carbocycles. The van der Waals surface area contributed by atoms with Gasteiger partial charge < -0.3 is 19.5 Å². The first kappa shape index (κ1) is 30.7. The number of hydrogen-bond acceptors (Lipinski definition) is 10. The molecule has 0 radical (unpaired) electrons. The van der Waals surface area contributed by atoms with Crippen LogP contribution in [0.2, 0.25) is 0 Å². The fourth-order valence-electron chi connectivity index (χ4n) is 4.30. The third-order valence-electron chi connectivity index (χ3n) is 6.25. The molecule has 0 saturated heterocycles. The van der Waals surface area contributed by atoms with Gasteiger partial charge in [-0.15, -0.1) is 22.7 Å². The van der Waals surface area contributed by atoms with Crippen LogP contribution >= 0.6 is 22.7 Å². The van der Waals surface area contributed by atoms with Gasteiger partial charge in [0.25, 0.3) is 0 Å². The summed E-state index contributed by atoms with van der Waals surface area (Å²) in [6.07, 6.45) is 2.64. The van der Waals surface area contributed by atoms with E-state index >= 15 is 0 Å². The number of nitrogens with zero attached hydrogens (tertiary/aromatic N) is 3. The Kier molecular flexibility index (Phi) is 11.3. The first-order valence-corrected chi connectivity index (χ1v) is 15.6. The lowest BCUT2D eigenvalue weighted by atomic mass is 10.1. The van der Waals surface area contributed by atoms with E-state index in [0.29, 0.717) is 18.7 Å². The third-order valence-corrected chi connectivity index (χ3v) is 7.75. The zero-order valence-corrected chi connectivity index (χ0v) is 25.3. The number of nitrogens with one attached hydrogen (secondary N) is 2. The second-order valence-corrected chi connectivity index (χ2v) is 11.6. The Morgan fingerprint density at radius 1 is 0.750 bits per heavy atom. The minimum absolute atomic E-state index is 0.0976. The second kappa shape index (κ2) is 16.2. The van der Waals surface area contributed by atoms with Crippen molar-refractivity contribution in [3.63, 3.8) is 0 Å². The highest BCUT2D eigenvalue weighted by atomic mass is 32.1. The number of hydrazine groups is 1. The molecule has 2 aromatic heterocycles. The van der Waals surface area contributed by atoms with Gasteiger partial charge in [0.15, 0.2) is 0 Å². The van der Waals surface area contributed by atoms with E-state index in [-0.39, 0.29) is 19.8 Å². The Hall–Kier alpha value is -4.78. The highest BCUT2D eigenvalue weighted by Crippen LogP contribution is 2.22. The maximum absolute atomic E-state index is 12.9. The van der Waals surface area contributed by atoms with E-state index in [1.165, 1.54) is 22.7 Å². The van der Waals surface area contributed by atoms with Crippen LogP contribution in [0.25, 0.3) is 0 Å². The quantitative estimate of drug-likeness (QED) is 0.133. The summed E-state index contributed by atoms with van der Waals surface area (Å²) in [4.78, 5) is 35.5. The number of ether oxygens (including phenoxy) is 3. The number of para-hydroxylation sites is 1. The largest absolute Gasteiger partial charge is 0.457 e. The van der Waals surface area contributed by atoms with Crippen LogP contribution < -0.4 is 15.5 Å². The van der Waals surface area contributed by atoms with E-state index in [0.717, 1.165) is 26.6 Å². The van der Waals surface area contributed by atoms with Crippen LogP contribution in [0, 0.1) is 0 Å². The topological polar surface area (TPSA) is 115 Å². The van der Waals surface area contributed by atoms with E-state index in [2.05, 4.69) is 20.7 Å². The van der Waals surface area contributed by atoms with Crippen LogP contribution in [0.5, 0.6) is 11.5 Å². The summed E-state index contributed by atoms with van der Waals surface area (Å²) in [6.45, 7) is 0.781. The third kappa shape index (κ3) is 10.2. The van der Waals surface area contributed by atoms with Crippen molar-refractivity contribution in [3.8, 4) is 11.5 Å². The number of carbonyl (C=O) groups is 2. The predicted molar refractivity (Wildman–Crippen MR) is 168 cm³/mol. The molecule has 2 amide bonds. The number of rotatable bonds is 14. The normalized spacial score (nSPS) is 11.5. The van der Waals surface area contributed by atoms with Crippen LogP contribution in [0.3, 0.4) is 0 Å². The average molecular weight is 630 g/mol. The Morgan fingerprint density at radius 2 is 1.36 bits per heavy atom. The molecule has 0 aliphatic rings. The van der Waals surface area contributed by atoms with E-state index in [4.69, 9.17) is 14.2 Å². The highest BCUT2D eigenvalue weighted by molar-refractivity contribution is 7.09. The smallest absolute Gasteiger partial charge is 0.422 e. The van der Waals surface area contributed by atoms with Gasteiger partial charge in [0.2, 0.25) is 0 Å². The standard InChI is InChI=1S/C32H31N5O5S2/c38-31(40-20-29-16-33-22-43-29)35-26(14-24-8-3-1-4-9-24)19-37(36-32(39)41-21-30-17-34-23-44-30)18-25-10-7-13-28(15-25)42-27-11-5-2-6-12-27/h1-13,15-17,22-23,26H,14,18-21H2,(H,35,38)(H,36,39)/t26-/m1/s1. The average Bonchev–Trinajstić information content (AvgIpc) is 3.75. The molecule has 0 aliphatic heterocycles. The SMILES string of the molecule is O=C(N[C@H](Cc1ccccc1)CN(Cc1cccc(Oc2ccccc2)c1)NC(=O)OCc1cncs1)OCc1cncs1. The van der Waals surface area contributed by atoms with Crippen LogP contribution in [-0.4, -0.2) is 39.7 Å². The molecule has 0 fully saturated rings. The van der Waals surface area contributed by atoms with Crippen molar-refractivity contribution in [3.05, 3.63) is 129 Å². The molecule has 1 atom stereocenters. The van der Waals surface area contributed by atoms with Gasteiger partial charge in [-0.25, -0.2) is 14.6 Å². The van der Waals surface area contributed by atoms with Crippen molar-refractivity contribution in [2.45, 2.75) is 32.2 Å².